The molecule has 7 nitrogen and oxygen atoms in total. The molecule has 2 amide bonds. The summed E-state index contributed by atoms with van der Waals surface area (Å²) in [6.45, 7) is 4.53. The van der Waals surface area contributed by atoms with Gasteiger partial charge in [0.05, 0.1) is 18.8 Å². The lowest BCUT2D eigenvalue weighted by Crippen LogP contribution is -2.31. The number of nitrogens with zero attached hydrogens (tertiary/aromatic N) is 4. The van der Waals surface area contributed by atoms with Crippen molar-refractivity contribution in [2.45, 2.75) is 26.0 Å². The van der Waals surface area contributed by atoms with Gasteiger partial charge in [0, 0.05) is 19.6 Å². The van der Waals surface area contributed by atoms with Gasteiger partial charge in [0.1, 0.15) is 5.69 Å². The second-order valence-electron chi connectivity index (χ2n) is 4.05. The van der Waals surface area contributed by atoms with Crippen molar-refractivity contribution in [2.75, 3.05) is 19.6 Å². The third-order valence-corrected chi connectivity index (χ3v) is 2.83. The summed E-state index contributed by atoms with van der Waals surface area (Å²) in [6, 6.07) is -0.0288. The van der Waals surface area contributed by atoms with Gasteiger partial charge < -0.3 is 15.3 Å². The van der Waals surface area contributed by atoms with Crippen LogP contribution < -0.4 is 5.32 Å². The quantitative estimate of drug-likeness (QED) is 0.742. The standard InChI is InChI=1S/C10H17N5O2/c1-2-9(16)8-7-15(13-12-8)6-5-14-4-3-11-10(14)17/h7,9,16H,2-6H2,1H3,(H,11,17). The number of aliphatic hydroxyl groups excluding tert-OH is 1. The summed E-state index contributed by atoms with van der Waals surface area (Å²) in [4.78, 5) is 13.0. The third-order valence-electron chi connectivity index (χ3n) is 2.83. The maximum Gasteiger partial charge on any atom is 0.317 e. The molecule has 1 aromatic rings. The fourth-order valence-electron chi connectivity index (χ4n) is 1.73. The van der Waals surface area contributed by atoms with E-state index in [0.29, 0.717) is 31.7 Å². The van der Waals surface area contributed by atoms with Crippen LogP contribution in [0, 0.1) is 0 Å². The fourth-order valence-corrected chi connectivity index (χ4v) is 1.73. The van der Waals surface area contributed by atoms with Gasteiger partial charge in [-0.05, 0) is 6.42 Å². The molecule has 0 saturated carbocycles. The molecule has 2 rings (SSSR count). The monoisotopic (exact) mass is 239 g/mol. The van der Waals surface area contributed by atoms with Crippen LogP contribution in [0.25, 0.3) is 0 Å². The van der Waals surface area contributed by atoms with Crippen LogP contribution >= 0.6 is 0 Å². The molecule has 1 aliphatic heterocycles. The number of aromatic nitrogens is 3. The van der Waals surface area contributed by atoms with Crippen LogP contribution in [0.5, 0.6) is 0 Å². The molecule has 2 N–H and O–H groups in total. The SMILES string of the molecule is CCC(O)c1cn(CCN2CCNC2=O)nn1. The average Bonchev–Trinajstić information content (AvgIpc) is 2.94. The van der Waals surface area contributed by atoms with E-state index in [1.54, 1.807) is 15.8 Å². The normalized spacial score (nSPS) is 17.3. The predicted molar refractivity (Wildman–Crippen MR) is 60.2 cm³/mol. The summed E-state index contributed by atoms with van der Waals surface area (Å²) in [5.41, 5.74) is 0.582. The van der Waals surface area contributed by atoms with Crippen molar-refractivity contribution in [3.05, 3.63) is 11.9 Å². The second-order valence-corrected chi connectivity index (χ2v) is 4.05. The summed E-state index contributed by atoms with van der Waals surface area (Å²) in [5, 5.41) is 20.1. The zero-order valence-corrected chi connectivity index (χ0v) is 9.83. The Hall–Kier alpha value is -1.63. The van der Waals surface area contributed by atoms with E-state index in [-0.39, 0.29) is 6.03 Å². The van der Waals surface area contributed by atoms with Crippen LogP contribution in [0.4, 0.5) is 4.79 Å². The van der Waals surface area contributed by atoms with E-state index in [1.165, 1.54) is 0 Å². The molecule has 7 heteroatoms. The second kappa shape index (κ2) is 5.13. The Bertz CT molecular complexity index is 392. The Balaban J connectivity index is 1.86. The molecule has 1 aliphatic rings. The van der Waals surface area contributed by atoms with Crippen LogP contribution in [-0.2, 0) is 6.54 Å². The molecule has 0 radical (unpaired) electrons. The molecule has 1 aromatic heterocycles. The molecule has 17 heavy (non-hydrogen) atoms. The maximum atomic E-state index is 11.3. The molecular formula is C10H17N5O2. The molecule has 1 fully saturated rings. The molecule has 1 atom stereocenters. The molecule has 1 unspecified atom stereocenters. The van der Waals surface area contributed by atoms with Crippen molar-refractivity contribution in [1.29, 1.82) is 0 Å². The number of carbonyl (C=O) groups excluding carboxylic acids is 1. The van der Waals surface area contributed by atoms with Crippen molar-refractivity contribution in [3.63, 3.8) is 0 Å². The van der Waals surface area contributed by atoms with E-state index in [4.69, 9.17) is 0 Å². The first-order chi connectivity index (χ1) is 8.20. The van der Waals surface area contributed by atoms with Crippen LogP contribution in [0.3, 0.4) is 0 Å². The van der Waals surface area contributed by atoms with E-state index in [2.05, 4.69) is 15.6 Å². The van der Waals surface area contributed by atoms with Gasteiger partial charge in [-0.1, -0.05) is 12.1 Å². The van der Waals surface area contributed by atoms with Crippen molar-refractivity contribution in [1.82, 2.24) is 25.2 Å². The molecule has 0 aliphatic carbocycles. The van der Waals surface area contributed by atoms with Gasteiger partial charge in [-0.15, -0.1) is 5.10 Å². The van der Waals surface area contributed by atoms with E-state index >= 15 is 0 Å². The molecular weight excluding hydrogens is 222 g/mol. The van der Waals surface area contributed by atoms with Crippen molar-refractivity contribution >= 4 is 6.03 Å². The lowest BCUT2D eigenvalue weighted by Gasteiger charge is -2.13. The summed E-state index contributed by atoms with van der Waals surface area (Å²) >= 11 is 0. The van der Waals surface area contributed by atoms with Gasteiger partial charge in [0.15, 0.2) is 0 Å². The first kappa shape index (κ1) is 11.8. The summed E-state index contributed by atoms with van der Waals surface area (Å²) in [7, 11) is 0. The van der Waals surface area contributed by atoms with E-state index in [0.717, 1.165) is 6.54 Å². The van der Waals surface area contributed by atoms with E-state index < -0.39 is 6.10 Å². The Labute approximate surface area is 99.4 Å². The topological polar surface area (TPSA) is 83.3 Å². The van der Waals surface area contributed by atoms with Crippen LogP contribution in [0.1, 0.15) is 25.1 Å². The van der Waals surface area contributed by atoms with Crippen molar-refractivity contribution in [2.24, 2.45) is 0 Å². The zero-order chi connectivity index (χ0) is 12.3. The predicted octanol–water partition coefficient (Wildman–Crippen LogP) is -0.253. The number of hydrogen-bond donors (Lipinski definition) is 2. The molecule has 94 valence electrons. The molecule has 1 saturated heterocycles. The van der Waals surface area contributed by atoms with Crippen LogP contribution in [-0.4, -0.2) is 50.7 Å². The third kappa shape index (κ3) is 2.73. The zero-order valence-electron chi connectivity index (χ0n) is 9.83. The minimum Gasteiger partial charge on any atom is -0.387 e. The molecule has 0 bridgehead atoms. The first-order valence-corrected chi connectivity index (χ1v) is 5.81. The number of rotatable bonds is 5. The fraction of sp³-hybridized carbons (Fsp3) is 0.700. The average molecular weight is 239 g/mol. The lowest BCUT2D eigenvalue weighted by atomic mass is 10.2. The highest BCUT2D eigenvalue weighted by molar-refractivity contribution is 5.76. The Morgan fingerprint density at radius 3 is 3.06 bits per heavy atom. The van der Waals surface area contributed by atoms with Crippen molar-refractivity contribution in [3.8, 4) is 0 Å². The number of carbonyl (C=O) groups is 1. The van der Waals surface area contributed by atoms with E-state index in [1.807, 2.05) is 6.92 Å². The van der Waals surface area contributed by atoms with Crippen LogP contribution in [0.2, 0.25) is 0 Å². The van der Waals surface area contributed by atoms with Crippen LogP contribution in [0.15, 0.2) is 6.20 Å². The number of nitrogens with one attached hydrogen (secondary N) is 1. The highest BCUT2D eigenvalue weighted by Crippen LogP contribution is 2.11. The van der Waals surface area contributed by atoms with Gasteiger partial charge >= 0.3 is 6.03 Å². The Morgan fingerprint density at radius 1 is 1.59 bits per heavy atom. The highest BCUT2D eigenvalue weighted by atomic mass is 16.3. The summed E-state index contributed by atoms with van der Waals surface area (Å²) < 4.78 is 1.65. The smallest absolute Gasteiger partial charge is 0.317 e. The van der Waals surface area contributed by atoms with Crippen molar-refractivity contribution < 1.29 is 9.90 Å². The van der Waals surface area contributed by atoms with Gasteiger partial charge in [-0.25, -0.2) is 4.79 Å². The molecule has 0 aromatic carbocycles. The Morgan fingerprint density at radius 2 is 2.41 bits per heavy atom. The van der Waals surface area contributed by atoms with Gasteiger partial charge in [-0.3, -0.25) is 4.68 Å². The van der Waals surface area contributed by atoms with Gasteiger partial charge in [0.2, 0.25) is 0 Å². The Kier molecular flexibility index (Phi) is 3.58. The molecule has 2 heterocycles. The summed E-state index contributed by atoms with van der Waals surface area (Å²) in [6.07, 6.45) is 1.79. The summed E-state index contributed by atoms with van der Waals surface area (Å²) in [5.74, 6) is 0. The van der Waals surface area contributed by atoms with E-state index in [9.17, 15) is 9.90 Å². The molecule has 0 spiro atoms. The maximum absolute atomic E-state index is 11.3. The number of hydrogen-bond acceptors (Lipinski definition) is 4. The number of amides is 2. The van der Waals surface area contributed by atoms with Gasteiger partial charge in [-0.2, -0.15) is 0 Å². The number of urea groups is 1. The minimum absolute atomic E-state index is 0.0288. The minimum atomic E-state index is -0.557. The van der Waals surface area contributed by atoms with Gasteiger partial charge in [0.25, 0.3) is 0 Å². The lowest BCUT2D eigenvalue weighted by molar-refractivity contribution is 0.168. The first-order valence-electron chi connectivity index (χ1n) is 5.81. The number of aliphatic hydroxyl groups is 1. The largest absolute Gasteiger partial charge is 0.387 e. The highest BCUT2D eigenvalue weighted by Gasteiger charge is 2.19.